The second-order valence-corrected chi connectivity index (χ2v) is 9.51. The number of carbonyl (C=O) groups excluding carboxylic acids is 1. The molecular formula is C19H28N4O5S. The molecule has 2 heterocycles. The Morgan fingerprint density at radius 3 is 2.34 bits per heavy atom. The monoisotopic (exact) mass is 424 g/mol. The van der Waals surface area contributed by atoms with Crippen LogP contribution < -0.4 is 0 Å². The molecule has 0 N–H and O–H groups in total. The second-order valence-electron chi connectivity index (χ2n) is 7.58. The molecule has 1 atom stereocenters. The number of nitrogens with zero attached hydrogens (tertiary/aromatic N) is 4. The highest BCUT2D eigenvalue weighted by molar-refractivity contribution is 7.89. The molecular weight excluding hydrogens is 396 g/mol. The van der Waals surface area contributed by atoms with Crippen LogP contribution in [0, 0.1) is 10.1 Å². The fourth-order valence-electron chi connectivity index (χ4n) is 4.05. The zero-order valence-electron chi connectivity index (χ0n) is 16.7. The number of likely N-dealkylation sites (tertiary alicyclic amines) is 1. The zero-order chi connectivity index (χ0) is 21.0. The number of nitro benzene ring substituents is 1. The van der Waals surface area contributed by atoms with Gasteiger partial charge in [-0.25, -0.2) is 8.42 Å². The van der Waals surface area contributed by atoms with Gasteiger partial charge in [-0.2, -0.15) is 4.31 Å². The van der Waals surface area contributed by atoms with Gasteiger partial charge in [0, 0.05) is 50.9 Å². The van der Waals surface area contributed by atoms with Gasteiger partial charge in [-0.05, 0) is 37.8 Å². The first-order chi connectivity index (χ1) is 13.8. The lowest BCUT2D eigenvalue weighted by molar-refractivity contribution is -0.384. The Bertz CT molecular complexity index is 835. The lowest BCUT2D eigenvalue weighted by Crippen LogP contribution is -2.53. The lowest BCUT2D eigenvalue weighted by atomic mass is 10.00. The minimum atomic E-state index is -3.70. The van der Waals surface area contributed by atoms with Crippen LogP contribution in [0.4, 0.5) is 5.69 Å². The van der Waals surface area contributed by atoms with Crippen LogP contribution in [0.2, 0.25) is 0 Å². The third-order valence-electron chi connectivity index (χ3n) is 5.79. The molecule has 0 radical (unpaired) electrons. The number of amides is 1. The number of non-ortho nitro benzene ring substituents is 1. The van der Waals surface area contributed by atoms with Gasteiger partial charge in [-0.3, -0.25) is 19.8 Å². The maximum atomic E-state index is 12.8. The predicted octanol–water partition coefficient (Wildman–Crippen LogP) is 1.69. The van der Waals surface area contributed by atoms with Gasteiger partial charge in [-0.15, -0.1) is 0 Å². The van der Waals surface area contributed by atoms with E-state index in [2.05, 4.69) is 6.92 Å². The summed E-state index contributed by atoms with van der Waals surface area (Å²) in [6, 6.07) is 5.25. The highest BCUT2D eigenvalue weighted by atomic mass is 32.2. The molecule has 2 fully saturated rings. The van der Waals surface area contributed by atoms with Crippen LogP contribution in [0.25, 0.3) is 0 Å². The number of hydrogen-bond donors (Lipinski definition) is 0. The zero-order valence-corrected chi connectivity index (χ0v) is 17.5. The topological polar surface area (TPSA) is 104 Å². The normalized spacial score (nSPS) is 21.8. The quantitative estimate of drug-likeness (QED) is 0.508. The van der Waals surface area contributed by atoms with Gasteiger partial charge < -0.3 is 4.90 Å². The van der Waals surface area contributed by atoms with Crippen LogP contribution in [0.15, 0.2) is 29.2 Å². The molecule has 29 heavy (non-hydrogen) atoms. The summed E-state index contributed by atoms with van der Waals surface area (Å²) in [4.78, 5) is 27.0. The molecule has 1 aromatic carbocycles. The maximum Gasteiger partial charge on any atom is 0.269 e. The Balaban J connectivity index is 1.56. The Hall–Kier alpha value is -2.04. The van der Waals surface area contributed by atoms with E-state index in [1.807, 2.05) is 9.80 Å². The molecule has 3 rings (SSSR count). The van der Waals surface area contributed by atoms with Crippen molar-refractivity contribution in [2.75, 3.05) is 39.3 Å². The average molecular weight is 425 g/mol. The van der Waals surface area contributed by atoms with Gasteiger partial charge in [0.25, 0.3) is 5.69 Å². The van der Waals surface area contributed by atoms with Crippen molar-refractivity contribution in [3.8, 4) is 0 Å². The van der Waals surface area contributed by atoms with Gasteiger partial charge in [0.15, 0.2) is 0 Å². The number of piperazine rings is 1. The highest BCUT2D eigenvalue weighted by Crippen LogP contribution is 2.22. The largest absolute Gasteiger partial charge is 0.339 e. The first-order valence-electron chi connectivity index (χ1n) is 10.1. The number of rotatable bonds is 6. The second kappa shape index (κ2) is 9.19. The standard InChI is InChI=1S/C19H28N4O5S/c1-2-16-5-3-4-10-22(16)19(24)15-20-11-13-21(14-12-20)29(27,28)18-8-6-17(7-9-18)23(25)26/h6-9,16H,2-5,10-15H2,1H3/t16-/m1/s1. The molecule has 2 aliphatic rings. The van der Waals surface area contributed by atoms with Gasteiger partial charge in [-0.1, -0.05) is 6.92 Å². The third kappa shape index (κ3) is 4.93. The summed E-state index contributed by atoms with van der Waals surface area (Å²) in [6.07, 6.45) is 4.24. The molecule has 10 heteroatoms. The first kappa shape index (κ1) is 21.7. The van der Waals surface area contributed by atoms with Crippen LogP contribution in [0.1, 0.15) is 32.6 Å². The number of sulfonamides is 1. The number of benzene rings is 1. The van der Waals surface area contributed by atoms with E-state index in [0.717, 1.165) is 25.8 Å². The van der Waals surface area contributed by atoms with Crippen LogP contribution >= 0.6 is 0 Å². The van der Waals surface area contributed by atoms with Crippen molar-refractivity contribution in [2.24, 2.45) is 0 Å². The molecule has 1 amide bonds. The van der Waals surface area contributed by atoms with Crippen molar-refractivity contribution in [2.45, 2.75) is 43.5 Å². The van der Waals surface area contributed by atoms with Crippen LogP contribution in [0.3, 0.4) is 0 Å². The van der Waals surface area contributed by atoms with E-state index in [1.54, 1.807) is 0 Å². The van der Waals surface area contributed by atoms with Crippen LogP contribution in [0.5, 0.6) is 0 Å². The smallest absolute Gasteiger partial charge is 0.269 e. The molecule has 1 aromatic rings. The number of hydrogen-bond acceptors (Lipinski definition) is 6. The fraction of sp³-hybridized carbons (Fsp3) is 0.632. The average Bonchev–Trinajstić information content (AvgIpc) is 2.74. The molecule has 0 spiro atoms. The summed E-state index contributed by atoms with van der Waals surface area (Å²) in [5.41, 5.74) is -0.143. The van der Waals surface area contributed by atoms with E-state index in [4.69, 9.17) is 0 Å². The Kier molecular flexibility index (Phi) is 6.86. The number of piperidine rings is 1. The van der Waals surface area contributed by atoms with Gasteiger partial charge in [0.05, 0.1) is 16.4 Å². The SMILES string of the molecule is CC[C@@H]1CCCCN1C(=O)CN1CCN(S(=O)(=O)c2ccc([N+](=O)[O-])cc2)CC1. The van der Waals surface area contributed by atoms with E-state index in [0.29, 0.717) is 38.8 Å². The summed E-state index contributed by atoms with van der Waals surface area (Å²) < 4.78 is 27.0. The van der Waals surface area contributed by atoms with Crippen LogP contribution in [-0.4, -0.2) is 78.7 Å². The van der Waals surface area contributed by atoms with Crippen molar-refractivity contribution in [3.63, 3.8) is 0 Å². The predicted molar refractivity (Wildman–Crippen MR) is 108 cm³/mol. The van der Waals surface area contributed by atoms with Crippen molar-refractivity contribution in [1.29, 1.82) is 0 Å². The Morgan fingerprint density at radius 1 is 1.10 bits per heavy atom. The molecule has 2 saturated heterocycles. The van der Waals surface area contributed by atoms with Gasteiger partial charge >= 0.3 is 0 Å². The molecule has 0 aliphatic carbocycles. The maximum absolute atomic E-state index is 12.8. The summed E-state index contributed by atoms with van der Waals surface area (Å²) in [6.45, 7) is 4.81. The molecule has 0 saturated carbocycles. The number of nitro groups is 1. The van der Waals surface area contributed by atoms with Crippen molar-refractivity contribution in [3.05, 3.63) is 34.4 Å². The molecule has 0 unspecified atom stereocenters. The molecule has 160 valence electrons. The van der Waals surface area contributed by atoms with E-state index < -0.39 is 14.9 Å². The molecule has 9 nitrogen and oxygen atoms in total. The van der Waals surface area contributed by atoms with Crippen LogP contribution in [-0.2, 0) is 14.8 Å². The molecule has 2 aliphatic heterocycles. The van der Waals surface area contributed by atoms with E-state index in [9.17, 15) is 23.3 Å². The minimum Gasteiger partial charge on any atom is -0.339 e. The molecule has 0 aromatic heterocycles. The summed E-state index contributed by atoms with van der Waals surface area (Å²) in [7, 11) is -3.70. The Morgan fingerprint density at radius 2 is 1.76 bits per heavy atom. The Labute approximate surface area is 171 Å². The van der Waals surface area contributed by atoms with Crippen molar-refractivity contribution < 1.29 is 18.1 Å². The lowest BCUT2D eigenvalue weighted by Gasteiger charge is -2.38. The third-order valence-corrected chi connectivity index (χ3v) is 7.71. The first-order valence-corrected chi connectivity index (χ1v) is 11.5. The summed E-state index contributed by atoms with van der Waals surface area (Å²) in [5, 5.41) is 10.8. The van der Waals surface area contributed by atoms with E-state index in [1.165, 1.54) is 35.0 Å². The summed E-state index contributed by atoms with van der Waals surface area (Å²) in [5.74, 6) is 0.128. The molecule has 0 bridgehead atoms. The number of carbonyl (C=O) groups is 1. The highest BCUT2D eigenvalue weighted by Gasteiger charge is 2.31. The summed E-state index contributed by atoms with van der Waals surface area (Å²) >= 11 is 0. The fourth-order valence-corrected chi connectivity index (χ4v) is 5.47. The van der Waals surface area contributed by atoms with E-state index in [-0.39, 0.29) is 16.5 Å². The van der Waals surface area contributed by atoms with Gasteiger partial charge in [0.2, 0.25) is 15.9 Å². The van der Waals surface area contributed by atoms with E-state index >= 15 is 0 Å². The van der Waals surface area contributed by atoms with Crippen molar-refractivity contribution in [1.82, 2.24) is 14.1 Å². The minimum absolute atomic E-state index is 0.0479. The van der Waals surface area contributed by atoms with Gasteiger partial charge in [0.1, 0.15) is 0 Å². The van der Waals surface area contributed by atoms with Crippen molar-refractivity contribution >= 4 is 21.6 Å².